The number of hydrogen-bond donors (Lipinski definition) is 0. The zero-order chi connectivity index (χ0) is 20.2. The molecule has 4 saturated carbocycles. The average Bonchev–Trinajstić information content (AvgIpc) is 2.67. The number of halogens is 1. The number of nitrogens with zero attached hydrogens (tertiary/aromatic N) is 3. The van der Waals surface area contributed by atoms with Gasteiger partial charge in [0.2, 0.25) is 0 Å². The first-order valence-corrected chi connectivity index (χ1v) is 10.5. The third-order valence-corrected chi connectivity index (χ3v) is 7.17. The molecule has 2 aromatic rings. The lowest BCUT2D eigenvalue weighted by molar-refractivity contribution is -0.0629. The van der Waals surface area contributed by atoms with Crippen molar-refractivity contribution in [2.24, 2.45) is 23.2 Å². The molecule has 1 aromatic heterocycles. The van der Waals surface area contributed by atoms with E-state index >= 15 is 0 Å². The molecular weight excluding hydrogens is 369 g/mol. The van der Waals surface area contributed by atoms with Crippen molar-refractivity contribution < 1.29 is 9.18 Å². The zero-order valence-corrected chi connectivity index (χ0v) is 16.7. The molecule has 4 fully saturated rings. The van der Waals surface area contributed by atoms with E-state index in [2.05, 4.69) is 5.10 Å². The monoisotopic (exact) mass is 395 g/mol. The molecule has 29 heavy (non-hydrogen) atoms. The summed E-state index contributed by atoms with van der Waals surface area (Å²) in [7, 11) is 1.84. The van der Waals surface area contributed by atoms with Crippen LogP contribution in [-0.2, 0) is 0 Å². The number of aromatic nitrogens is 2. The Morgan fingerprint density at radius 3 is 2.24 bits per heavy atom. The first-order chi connectivity index (χ1) is 13.9. The maximum atomic E-state index is 13.2. The fourth-order valence-corrected chi connectivity index (χ4v) is 6.55. The van der Waals surface area contributed by atoms with Gasteiger partial charge in [-0.3, -0.25) is 9.59 Å². The van der Waals surface area contributed by atoms with Gasteiger partial charge in [0, 0.05) is 19.7 Å². The molecule has 1 amide bonds. The van der Waals surface area contributed by atoms with Gasteiger partial charge in [0.15, 0.2) is 0 Å². The number of amides is 1. The van der Waals surface area contributed by atoms with E-state index < -0.39 is 0 Å². The molecule has 4 aliphatic rings. The molecule has 6 rings (SSSR count). The Morgan fingerprint density at radius 1 is 1.07 bits per heavy atom. The van der Waals surface area contributed by atoms with Gasteiger partial charge >= 0.3 is 0 Å². The maximum absolute atomic E-state index is 13.2. The number of carbonyl (C=O) groups excluding carboxylic acids is 1. The first-order valence-electron chi connectivity index (χ1n) is 10.5. The molecule has 0 saturated heterocycles. The van der Waals surface area contributed by atoms with E-state index in [9.17, 15) is 14.0 Å². The molecule has 1 heterocycles. The number of benzene rings is 1. The van der Waals surface area contributed by atoms with E-state index in [0.29, 0.717) is 5.69 Å². The Morgan fingerprint density at radius 2 is 1.66 bits per heavy atom. The van der Waals surface area contributed by atoms with Crippen LogP contribution in [0, 0.1) is 29.0 Å². The van der Waals surface area contributed by atoms with Crippen LogP contribution in [0.3, 0.4) is 0 Å². The molecule has 0 radical (unpaired) electrons. The quantitative estimate of drug-likeness (QED) is 0.794. The second-order valence-corrected chi connectivity index (χ2v) is 9.52. The SMILES string of the molecule is CN(CC12CC3CC(CC(C3)C1)C2)C(=O)c1ccc(=O)n(-c2ccc(F)cc2)n1. The maximum Gasteiger partial charge on any atom is 0.274 e. The van der Waals surface area contributed by atoms with Crippen LogP contribution in [0.25, 0.3) is 5.69 Å². The lowest BCUT2D eigenvalue weighted by atomic mass is 9.49. The van der Waals surface area contributed by atoms with Gasteiger partial charge < -0.3 is 4.90 Å². The van der Waals surface area contributed by atoms with Crippen LogP contribution in [0.1, 0.15) is 49.0 Å². The van der Waals surface area contributed by atoms with Gasteiger partial charge in [-0.25, -0.2) is 4.39 Å². The summed E-state index contributed by atoms with van der Waals surface area (Å²) in [5.74, 6) is 1.95. The summed E-state index contributed by atoms with van der Waals surface area (Å²) in [5, 5.41) is 4.28. The molecule has 4 aliphatic carbocycles. The van der Waals surface area contributed by atoms with Crippen LogP contribution in [0.5, 0.6) is 0 Å². The average molecular weight is 395 g/mol. The van der Waals surface area contributed by atoms with Crippen molar-refractivity contribution in [3.05, 3.63) is 58.3 Å². The molecule has 5 nitrogen and oxygen atoms in total. The predicted octanol–water partition coefficient (Wildman–Crippen LogP) is 3.66. The second-order valence-electron chi connectivity index (χ2n) is 9.52. The number of hydrogen-bond acceptors (Lipinski definition) is 3. The number of rotatable bonds is 4. The van der Waals surface area contributed by atoms with E-state index in [1.54, 1.807) is 4.90 Å². The molecule has 4 bridgehead atoms. The Bertz CT molecular complexity index is 963. The summed E-state index contributed by atoms with van der Waals surface area (Å²) in [6.45, 7) is 0.757. The second kappa shape index (κ2) is 6.78. The molecule has 0 unspecified atom stereocenters. The van der Waals surface area contributed by atoms with Crippen LogP contribution < -0.4 is 5.56 Å². The van der Waals surface area contributed by atoms with E-state index in [1.165, 1.54) is 74.9 Å². The van der Waals surface area contributed by atoms with Gasteiger partial charge in [-0.15, -0.1) is 0 Å². The van der Waals surface area contributed by atoms with Gasteiger partial charge in [0.05, 0.1) is 5.69 Å². The minimum Gasteiger partial charge on any atom is -0.340 e. The van der Waals surface area contributed by atoms with Gasteiger partial charge in [0.1, 0.15) is 11.5 Å². The fraction of sp³-hybridized carbons (Fsp3) is 0.522. The molecule has 152 valence electrons. The topological polar surface area (TPSA) is 55.2 Å². The highest BCUT2D eigenvalue weighted by atomic mass is 19.1. The van der Waals surface area contributed by atoms with Crippen LogP contribution in [0.15, 0.2) is 41.2 Å². The largest absolute Gasteiger partial charge is 0.340 e. The Kier molecular flexibility index (Phi) is 4.33. The summed E-state index contributed by atoms with van der Waals surface area (Å²) < 4.78 is 14.4. The van der Waals surface area contributed by atoms with Crippen molar-refractivity contribution in [3.8, 4) is 5.69 Å². The summed E-state index contributed by atoms with van der Waals surface area (Å²) in [6, 6.07) is 8.35. The van der Waals surface area contributed by atoms with E-state index in [1.807, 2.05) is 7.05 Å². The van der Waals surface area contributed by atoms with Gasteiger partial charge in [-0.2, -0.15) is 9.78 Å². The van der Waals surface area contributed by atoms with Crippen LogP contribution in [0.2, 0.25) is 0 Å². The Labute approximate surface area is 169 Å². The van der Waals surface area contributed by atoms with Crippen molar-refractivity contribution in [2.45, 2.75) is 38.5 Å². The van der Waals surface area contributed by atoms with Crippen LogP contribution in [-0.4, -0.2) is 34.2 Å². The normalized spacial score (nSPS) is 29.8. The van der Waals surface area contributed by atoms with Crippen molar-refractivity contribution in [2.75, 3.05) is 13.6 Å². The smallest absolute Gasteiger partial charge is 0.274 e. The van der Waals surface area contributed by atoms with Crippen LogP contribution >= 0.6 is 0 Å². The minimum absolute atomic E-state index is 0.170. The minimum atomic E-state index is -0.385. The summed E-state index contributed by atoms with van der Waals surface area (Å²) in [6.07, 6.45) is 7.83. The molecule has 0 atom stereocenters. The zero-order valence-electron chi connectivity index (χ0n) is 16.7. The van der Waals surface area contributed by atoms with Crippen molar-refractivity contribution in [1.82, 2.24) is 14.7 Å². The molecular formula is C23H26FN3O2. The summed E-state index contributed by atoms with van der Waals surface area (Å²) in [4.78, 5) is 27.1. The van der Waals surface area contributed by atoms with E-state index in [4.69, 9.17) is 0 Å². The van der Waals surface area contributed by atoms with Crippen molar-refractivity contribution >= 4 is 5.91 Å². The van der Waals surface area contributed by atoms with Crippen molar-refractivity contribution in [1.29, 1.82) is 0 Å². The lowest BCUT2D eigenvalue weighted by Crippen LogP contribution is -2.51. The summed E-state index contributed by atoms with van der Waals surface area (Å²) >= 11 is 0. The highest BCUT2D eigenvalue weighted by molar-refractivity contribution is 5.92. The summed E-state index contributed by atoms with van der Waals surface area (Å²) in [5.41, 5.74) is 0.581. The standard InChI is InChI=1S/C23H26FN3O2/c1-26(14-23-11-15-8-16(12-23)10-17(9-15)13-23)22(29)20-6-7-21(28)27(25-20)19-4-2-18(24)3-5-19/h2-7,15-17H,8-14H2,1H3. The fourth-order valence-electron chi connectivity index (χ4n) is 6.55. The molecule has 0 spiro atoms. The molecule has 1 aromatic carbocycles. The van der Waals surface area contributed by atoms with Gasteiger partial charge in [-0.1, -0.05) is 0 Å². The van der Waals surface area contributed by atoms with Crippen LogP contribution in [0.4, 0.5) is 4.39 Å². The first kappa shape index (κ1) is 18.5. The lowest BCUT2D eigenvalue weighted by Gasteiger charge is -2.57. The highest BCUT2D eigenvalue weighted by Crippen LogP contribution is 2.60. The Balaban J connectivity index is 1.37. The van der Waals surface area contributed by atoms with Gasteiger partial charge in [0.25, 0.3) is 11.5 Å². The predicted molar refractivity (Wildman–Crippen MR) is 107 cm³/mol. The molecule has 6 heteroatoms. The molecule has 0 N–H and O–H groups in total. The van der Waals surface area contributed by atoms with Crippen molar-refractivity contribution in [3.63, 3.8) is 0 Å². The number of carbonyl (C=O) groups is 1. The highest BCUT2D eigenvalue weighted by Gasteiger charge is 2.51. The van der Waals surface area contributed by atoms with Gasteiger partial charge in [-0.05, 0) is 92.0 Å². The third kappa shape index (κ3) is 3.38. The van der Waals surface area contributed by atoms with E-state index in [-0.39, 0.29) is 28.4 Å². The Hall–Kier alpha value is -2.50. The third-order valence-electron chi connectivity index (χ3n) is 7.17. The molecule has 0 aliphatic heterocycles. The van der Waals surface area contributed by atoms with E-state index in [0.717, 1.165) is 29.0 Å².